The average molecular weight is 284 g/mol. The van der Waals surface area contributed by atoms with E-state index >= 15 is 0 Å². The third kappa shape index (κ3) is 3.62. The molecule has 0 unspecified atom stereocenters. The maximum Gasteiger partial charge on any atom is 0.180 e. The Bertz CT molecular complexity index is 504. The number of aryl methyl sites for hydroxylation is 2. The molecule has 2 aromatic rings. The molecule has 0 saturated heterocycles. The second-order valence-corrected chi connectivity index (χ2v) is 5.51. The van der Waals surface area contributed by atoms with E-state index in [1.165, 1.54) is 21.7 Å². The van der Waals surface area contributed by atoms with Crippen molar-refractivity contribution in [3.8, 4) is 0 Å². The van der Waals surface area contributed by atoms with E-state index in [9.17, 15) is 0 Å². The van der Waals surface area contributed by atoms with Crippen molar-refractivity contribution in [2.24, 2.45) is 0 Å². The number of thiazole rings is 1. The molecular weight excluding hydrogens is 266 g/mol. The summed E-state index contributed by atoms with van der Waals surface area (Å²) in [6, 6.07) is 6.57. The van der Waals surface area contributed by atoms with Gasteiger partial charge < -0.3 is 10.6 Å². The molecule has 0 fully saturated rings. The number of hydrogen-bond donors (Lipinski definition) is 1. The fraction of sp³-hybridized carbons (Fsp3) is 0.308. The summed E-state index contributed by atoms with van der Waals surface area (Å²) in [5.41, 5.74) is 9.44. The molecule has 2 N–H and O–H groups in total. The molecule has 0 spiro atoms. The van der Waals surface area contributed by atoms with Gasteiger partial charge in [-0.2, -0.15) is 0 Å². The second-order valence-electron chi connectivity index (χ2n) is 4.37. The number of benzene rings is 1. The first kappa shape index (κ1) is 14.8. The fourth-order valence-corrected chi connectivity index (χ4v) is 2.63. The minimum Gasteiger partial charge on any atom is -0.375 e. The third-order valence-corrected chi connectivity index (χ3v) is 3.42. The lowest BCUT2D eigenvalue weighted by molar-refractivity contribution is 0.934. The van der Waals surface area contributed by atoms with Crippen LogP contribution in [0.1, 0.15) is 16.0 Å². The van der Waals surface area contributed by atoms with Crippen LogP contribution < -0.4 is 10.6 Å². The summed E-state index contributed by atoms with van der Waals surface area (Å²) in [6.07, 6.45) is 1.85. The van der Waals surface area contributed by atoms with Gasteiger partial charge in [-0.3, -0.25) is 0 Å². The molecule has 0 amide bonds. The zero-order valence-electron chi connectivity index (χ0n) is 10.8. The SMILES string of the molecule is Cc1cc(C)cc(N(C)Cc2cnc(N)s2)c1.Cl. The van der Waals surface area contributed by atoms with Crippen LogP contribution in [-0.2, 0) is 6.54 Å². The molecule has 5 heteroatoms. The van der Waals surface area contributed by atoms with Crippen LogP contribution in [0.25, 0.3) is 0 Å². The Morgan fingerprint density at radius 3 is 2.33 bits per heavy atom. The van der Waals surface area contributed by atoms with Gasteiger partial charge in [0, 0.05) is 23.8 Å². The number of rotatable bonds is 3. The Morgan fingerprint density at radius 2 is 1.83 bits per heavy atom. The van der Waals surface area contributed by atoms with Crippen LogP contribution in [0.15, 0.2) is 24.4 Å². The lowest BCUT2D eigenvalue weighted by Gasteiger charge is -2.19. The number of nitrogen functional groups attached to an aromatic ring is 1. The van der Waals surface area contributed by atoms with E-state index in [4.69, 9.17) is 5.73 Å². The van der Waals surface area contributed by atoms with Gasteiger partial charge in [-0.15, -0.1) is 23.7 Å². The summed E-state index contributed by atoms with van der Waals surface area (Å²) in [5.74, 6) is 0. The summed E-state index contributed by atoms with van der Waals surface area (Å²) in [6.45, 7) is 5.09. The van der Waals surface area contributed by atoms with E-state index in [1.54, 1.807) is 11.3 Å². The molecule has 0 saturated carbocycles. The van der Waals surface area contributed by atoms with E-state index < -0.39 is 0 Å². The molecule has 0 bridgehead atoms. The standard InChI is InChI=1S/C13H17N3S.ClH/c1-9-4-10(2)6-11(5-9)16(3)8-12-7-15-13(14)17-12;/h4-7H,8H2,1-3H3,(H2,14,15);1H. The molecule has 2 rings (SSSR count). The van der Waals surface area contributed by atoms with Crippen molar-refractivity contribution in [3.63, 3.8) is 0 Å². The zero-order chi connectivity index (χ0) is 12.4. The molecule has 1 aromatic carbocycles. The molecule has 98 valence electrons. The topological polar surface area (TPSA) is 42.2 Å². The van der Waals surface area contributed by atoms with Crippen LogP contribution in [0.3, 0.4) is 0 Å². The minimum absolute atomic E-state index is 0. The van der Waals surface area contributed by atoms with Crippen LogP contribution >= 0.6 is 23.7 Å². The number of aromatic nitrogens is 1. The van der Waals surface area contributed by atoms with E-state index in [0.717, 1.165) is 6.54 Å². The van der Waals surface area contributed by atoms with Gasteiger partial charge >= 0.3 is 0 Å². The van der Waals surface area contributed by atoms with Gasteiger partial charge in [-0.1, -0.05) is 6.07 Å². The molecule has 0 aliphatic rings. The minimum atomic E-state index is 0. The van der Waals surface area contributed by atoms with Gasteiger partial charge in [0.25, 0.3) is 0 Å². The van der Waals surface area contributed by atoms with Crippen LogP contribution in [0, 0.1) is 13.8 Å². The quantitative estimate of drug-likeness (QED) is 0.939. The molecule has 1 aromatic heterocycles. The number of halogens is 1. The maximum atomic E-state index is 5.63. The van der Waals surface area contributed by atoms with Gasteiger partial charge in [0.05, 0.1) is 6.54 Å². The van der Waals surface area contributed by atoms with E-state index in [0.29, 0.717) is 5.13 Å². The Labute approximate surface area is 118 Å². The molecule has 0 atom stereocenters. The third-order valence-electron chi connectivity index (χ3n) is 2.61. The zero-order valence-corrected chi connectivity index (χ0v) is 12.4. The lowest BCUT2D eigenvalue weighted by Crippen LogP contribution is -2.15. The first-order valence-electron chi connectivity index (χ1n) is 5.54. The molecular formula is C13H18ClN3S. The van der Waals surface area contributed by atoms with Crippen LogP contribution in [-0.4, -0.2) is 12.0 Å². The number of anilines is 2. The second kappa shape index (κ2) is 6.07. The highest BCUT2D eigenvalue weighted by Gasteiger charge is 2.05. The van der Waals surface area contributed by atoms with Gasteiger partial charge in [0.15, 0.2) is 5.13 Å². The highest BCUT2D eigenvalue weighted by molar-refractivity contribution is 7.15. The van der Waals surface area contributed by atoms with E-state index in [2.05, 4.69) is 49.0 Å². The Hall–Kier alpha value is -1.26. The van der Waals surface area contributed by atoms with Crippen molar-refractivity contribution >= 4 is 34.6 Å². The van der Waals surface area contributed by atoms with Gasteiger partial charge in [0.1, 0.15) is 0 Å². The summed E-state index contributed by atoms with van der Waals surface area (Å²) >= 11 is 1.54. The maximum absolute atomic E-state index is 5.63. The largest absolute Gasteiger partial charge is 0.375 e. The summed E-state index contributed by atoms with van der Waals surface area (Å²) in [5, 5.41) is 0.633. The predicted octanol–water partition coefficient (Wildman–Crippen LogP) is 3.40. The first-order chi connectivity index (χ1) is 8.04. The highest BCUT2D eigenvalue weighted by atomic mass is 35.5. The molecule has 0 radical (unpaired) electrons. The molecule has 0 aliphatic carbocycles. The normalized spacial score (nSPS) is 9.94. The summed E-state index contributed by atoms with van der Waals surface area (Å²) in [7, 11) is 2.09. The molecule has 1 heterocycles. The molecule has 0 aliphatic heterocycles. The summed E-state index contributed by atoms with van der Waals surface area (Å²) < 4.78 is 0. The average Bonchev–Trinajstić information content (AvgIpc) is 2.62. The van der Waals surface area contributed by atoms with Crippen molar-refractivity contribution in [3.05, 3.63) is 40.4 Å². The highest BCUT2D eigenvalue weighted by Crippen LogP contribution is 2.22. The lowest BCUT2D eigenvalue weighted by atomic mass is 10.1. The van der Waals surface area contributed by atoms with Crippen molar-refractivity contribution in [2.75, 3.05) is 17.7 Å². The fourth-order valence-electron chi connectivity index (χ4n) is 1.89. The molecule has 18 heavy (non-hydrogen) atoms. The van der Waals surface area contributed by atoms with Crippen molar-refractivity contribution in [1.29, 1.82) is 0 Å². The predicted molar refractivity (Wildman–Crippen MR) is 81.8 cm³/mol. The van der Waals surface area contributed by atoms with Crippen LogP contribution in [0.5, 0.6) is 0 Å². The monoisotopic (exact) mass is 283 g/mol. The summed E-state index contributed by atoms with van der Waals surface area (Å²) in [4.78, 5) is 7.47. The van der Waals surface area contributed by atoms with Gasteiger partial charge in [-0.25, -0.2) is 4.98 Å². The van der Waals surface area contributed by atoms with Crippen molar-refractivity contribution in [1.82, 2.24) is 4.98 Å². The van der Waals surface area contributed by atoms with Crippen LogP contribution in [0.2, 0.25) is 0 Å². The van der Waals surface area contributed by atoms with E-state index in [1.807, 2.05) is 6.20 Å². The molecule has 3 nitrogen and oxygen atoms in total. The van der Waals surface area contributed by atoms with E-state index in [-0.39, 0.29) is 12.4 Å². The number of nitrogens with zero attached hydrogens (tertiary/aromatic N) is 2. The Balaban J connectivity index is 0.00000162. The van der Waals surface area contributed by atoms with Gasteiger partial charge in [0.2, 0.25) is 0 Å². The first-order valence-corrected chi connectivity index (χ1v) is 6.36. The number of nitrogens with two attached hydrogens (primary N) is 1. The van der Waals surface area contributed by atoms with Crippen LogP contribution in [0.4, 0.5) is 10.8 Å². The van der Waals surface area contributed by atoms with Gasteiger partial charge in [-0.05, 0) is 37.1 Å². The van der Waals surface area contributed by atoms with Crippen molar-refractivity contribution in [2.45, 2.75) is 20.4 Å². The Morgan fingerprint density at radius 1 is 1.22 bits per heavy atom. The smallest absolute Gasteiger partial charge is 0.180 e. The Kier molecular flexibility index (Phi) is 4.99. The van der Waals surface area contributed by atoms with Crippen molar-refractivity contribution < 1.29 is 0 Å². The number of hydrogen-bond acceptors (Lipinski definition) is 4.